The maximum absolute atomic E-state index is 12.8. The first-order valence-electron chi connectivity index (χ1n) is 10.6. The Hall–Kier alpha value is -3.81. The van der Waals surface area contributed by atoms with Crippen LogP contribution < -0.4 is 15.8 Å². The first kappa shape index (κ1) is 25.5. The smallest absolute Gasteiger partial charge is 0.339 e. The number of nitrogens with zero attached hydrogens (tertiary/aromatic N) is 1. The third-order valence-corrected chi connectivity index (χ3v) is 5.16. The molecule has 8 nitrogen and oxygen atoms in total. The quantitative estimate of drug-likeness (QED) is 0.280. The molecule has 0 aliphatic heterocycles. The predicted molar refractivity (Wildman–Crippen MR) is 129 cm³/mol. The molecule has 0 saturated carbocycles. The van der Waals surface area contributed by atoms with Crippen LogP contribution in [0.1, 0.15) is 43.2 Å². The maximum atomic E-state index is 12.8. The number of nitrogens with two attached hydrogens (primary N) is 1. The average Bonchev–Trinajstić information content (AvgIpc) is 2.76. The van der Waals surface area contributed by atoms with Crippen LogP contribution >= 0.6 is 0 Å². The van der Waals surface area contributed by atoms with E-state index in [1.54, 1.807) is 38.3 Å². The second-order valence-electron chi connectivity index (χ2n) is 7.70. The van der Waals surface area contributed by atoms with Crippen molar-refractivity contribution in [2.45, 2.75) is 40.2 Å². The topological polar surface area (TPSA) is 124 Å². The van der Waals surface area contributed by atoms with Gasteiger partial charge in [-0.25, -0.2) is 4.79 Å². The molecule has 1 atom stereocenters. The molecule has 0 saturated heterocycles. The third-order valence-electron chi connectivity index (χ3n) is 5.16. The van der Waals surface area contributed by atoms with Gasteiger partial charge >= 0.3 is 5.97 Å². The molecule has 0 bridgehead atoms. The standard InChI is InChI=1S/C25H31N3O5/c1-7-16(12-20(32-6)14(3)4)24(29)28-17(8-2)13-33-19-11-9-10-18-22(19)23(26)21(25(30)31)15(5)27-18/h7,9-12,17H,1,8,13H2,2-6H3,(H2,26,27)(H,28,29)(H,30,31)/b16-12+/t17-/m0/s1. The number of methoxy groups -OCH3 is 1. The third kappa shape index (κ3) is 5.91. The molecule has 2 rings (SSSR count). The van der Waals surface area contributed by atoms with Crippen LogP contribution in [0.4, 0.5) is 5.69 Å². The van der Waals surface area contributed by atoms with Crippen molar-refractivity contribution < 1.29 is 24.2 Å². The Morgan fingerprint density at radius 3 is 2.58 bits per heavy atom. The number of fused-ring (bicyclic) bond motifs is 1. The number of nitrogens with one attached hydrogen (secondary N) is 1. The lowest BCUT2D eigenvalue weighted by Crippen LogP contribution is -2.39. The lowest BCUT2D eigenvalue weighted by Gasteiger charge is -2.20. The molecule has 2 aromatic rings. The van der Waals surface area contributed by atoms with Gasteiger partial charge in [0.1, 0.15) is 23.7 Å². The number of pyridine rings is 1. The minimum Gasteiger partial charge on any atom is -0.497 e. The van der Waals surface area contributed by atoms with Gasteiger partial charge in [0, 0.05) is 5.57 Å². The summed E-state index contributed by atoms with van der Waals surface area (Å²) >= 11 is 0. The largest absolute Gasteiger partial charge is 0.497 e. The van der Waals surface area contributed by atoms with Gasteiger partial charge < -0.3 is 25.6 Å². The Morgan fingerprint density at radius 2 is 2.03 bits per heavy atom. The first-order chi connectivity index (χ1) is 15.6. The van der Waals surface area contributed by atoms with Gasteiger partial charge in [-0.1, -0.05) is 25.6 Å². The summed E-state index contributed by atoms with van der Waals surface area (Å²) in [4.78, 5) is 28.8. The summed E-state index contributed by atoms with van der Waals surface area (Å²) in [5, 5.41) is 12.9. The second kappa shape index (κ2) is 11.2. The van der Waals surface area contributed by atoms with Crippen LogP contribution in [0, 0.1) is 6.92 Å². The van der Waals surface area contributed by atoms with Gasteiger partial charge in [0.2, 0.25) is 0 Å². The number of ether oxygens (including phenoxy) is 2. The van der Waals surface area contributed by atoms with Gasteiger partial charge in [-0.15, -0.1) is 0 Å². The molecular formula is C25H31N3O5. The van der Waals surface area contributed by atoms with Crippen LogP contribution in [0.3, 0.4) is 0 Å². The fourth-order valence-corrected chi connectivity index (χ4v) is 3.32. The molecule has 0 fully saturated rings. The van der Waals surface area contributed by atoms with Crippen LogP contribution in [0.15, 0.2) is 53.8 Å². The molecule has 4 N–H and O–H groups in total. The highest BCUT2D eigenvalue weighted by Crippen LogP contribution is 2.33. The summed E-state index contributed by atoms with van der Waals surface area (Å²) in [5.41, 5.74) is 8.40. The Bertz CT molecular complexity index is 1130. The number of aromatic carboxylic acids is 1. The lowest BCUT2D eigenvalue weighted by molar-refractivity contribution is -0.118. The van der Waals surface area contributed by atoms with E-state index in [1.807, 2.05) is 20.8 Å². The fraction of sp³-hybridized carbons (Fsp3) is 0.320. The number of allylic oxidation sites excluding steroid dienone is 2. The molecule has 0 radical (unpaired) electrons. The van der Waals surface area contributed by atoms with E-state index in [0.717, 1.165) is 5.57 Å². The summed E-state index contributed by atoms with van der Waals surface area (Å²) in [6.45, 7) is 11.2. The minimum absolute atomic E-state index is 0.0483. The molecule has 0 aliphatic carbocycles. The van der Waals surface area contributed by atoms with E-state index in [-0.39, 0.29) is 29.8 Å². The summed E-state index contributed by atoms with van der Waals surface area (Å²) < 4.78 is 11.3. The number of anilines is 1. The summed E-state index contributed by atoms with van der Waals surface area (Å²) in [6, 6.07) is 4.89. The van der Waals surface area contributed by atoms with Crippen LogP contribution in [-0.2, 0) is 9.53 Å². The SMILES string of the molecule is C=C/C(=C\C(OC)=C(C)C)C(=O)N[C@@H](CC)COc1cccc2nc(C)c(C(=O)O)c(N)c12. The number of nitrogen functional groups attached to an aromatic ring is 1. The molecule has 0 unspecified atom stereocenters. The minimum atomic E-state index is -1.15. The van der Waals surface area contributed by atoms with E-state index in [2.05, 4.69) is 16.9 Å². The second-order valence-corrected chi connectivity index (χ2v) is 7.70. The number of amides is 1. The van der Waals surface area contributed by atoms with Gasteiger partial charge in [0.15, 0.2) is 0 Å². The van der Waals surface area contributed by atoms with Crippen molar-refractivity contribution in [3.8, 4) is 5.75 Å². The molecule has 176 valence electrons. The number of carbonyl (C=O) groups is 2. The summed E-state index contributed by atoms with van der Waals surface area (Å²) in [7, 11) is 1.54. The van der Waals surface area contributed by atoms with Crippen molar-refractivity contribution in [2.24, 2.45) is 0 Å². The normalized spacial score (nSPS) is 12.1. The molecule has 8 heteroatoms. The predicted octanol–water partition coefficient (Wildman–Crippen LogP) is 4.15. The fourth-order valence-electron chi connectivity index (χ4n) is 3.32. The van der Waals surface area contributed by atoms with Crippen LogP contribution in [0.5, 0.6) is 5.75 Å². The van der Waals surface area contributed by atoms with Crippen molar-refractivity contribution in [1.82, 2.24) is 10.3 Å². The zero-order chi connectivity index (χ0) is 24.7. The van der Waals surface area contributed by atoms with Crippen molar-refractivity contribution in [1.29, 1.82) is 0 Å². The van der Waals surface area contributed by atoms with E-state index in [4.69, 9.17) is 15.2 Å². The summed E-state index contributed by atoms with van der Waals surface area (Å²) in [5.74, 6) is -0.464. The number of rotatable bonds is 10. The highest BCUT2D eigenvalue weighted by molar-refractivity contribution is 6.06. The molecule has 0 aliphatic rings. The van der Waals surface area contributed by atoms with Crippen molar-refractivity contribution in [3.63, 3.8) is 0 Å². The number of aryl methyl sites for hydroxylation is 1. The highest BCUT2D eigenvalue weighted by atomic mass is 16.5. The van der Waals surface area contributed by atoms with E-state index in [1.165, 1.54) is 6.08 Å². The van der Waals surface area contributed by atoms with Crippen molar-refractivity contribution in [2.75, 3.05) is 19.5 Å². The van der Waals surface area contributed by atoms with Gasteiger partial charge in [0.05, 0.1) is 35.4 Å². The van der Waals surface area contributed by atoms with E-state index in [0.29, 0.717) is 40.1 Å². The van der Waals surface area contributed by atoms with E-state index < -0.39 is 5.97 Å². The monoisotopic (exact) mass is 453 g/mol. The molecule has 1 aromatic carbocycles. The van der Waals surface area contributed by atoms with Crippen LogP contribution in [0.2, 0.25) is 0 Å². The summed E-state index contributed by atoms with van der Waals surface area (Å²) in [6.07, 6.45) is 3.71. The van der Waals surface area contributed by atoms with Gasteiger partial charge in [-0.3, -0.25) is 9.78 Å². The Labute approximate surface area is 193 Å². The highest BCUT2D eigenvalue weighted by Gasteiger charge is 2.20. The van der Waals surface area contributed by atoms with Gasteiger partial charge in [-0.05, 0) is 51.0 Å². The number of benzene rings is 1. The molecule has 1 aromatic heterocycles. The molecule has 33 heavy (non-hydrogen) atoms. The Morgan fingerprint density at radius 1 is 1.33 bits per heavy atom. The first-order valence-corrected chi connectivity index (χ1v) is 10.6. The number of carboxylic acids is 1. The Balaban J connectivity index is 2.27. The van der Waals surface area contributed by atoms with Crippen molar-refractivity contribution >= 4 is 28.5 Å². The van der Waals surface area contributed by atoms with E-state index >= 15 is 0 Å². The van der Waals surface area contributed by atoms with Gasteiger partial charge in [-0.2, -0.15) is 0 Å². The molecule has 1 heterocycles. The maximum Gasteiger partial charge on any atom is 0.339 e. The molecular weight excluding hydrogens is 422 g/mol. The van der Waals surface area contributed by atoms with Gasteiger partial charge in [0.25, 0.3) is 5.91 Å². The average molecular weight is 454 g/mol. The van der Waals surface area contributed by atoms with Crippen molar-refractivity contribution in [3.05, 3.63) is 65.1 Å². The van der Waals surface area contributed by atoms with E-state index in [9.17, 15) is 14.7 Å². The lowest BCUT2D eigenvalue weighted by atomic mass is 10.1. The number of aromatic nitrogens is 1. The molecule has 1 amide bonds. The number of carboxylic acid groups (broad SMARTS) is 1. The number of hydrogen-bond donors (Lipinski definition) is 3. The Kier molecular flexibility index (Phi) is 8.62. The zero-order valence-electron chi connectivity index (χ0n) is 19.7. The number of carbonyl (C=O) groups excluding carboxylic acids is 1. The zero-order valence-corrected chi connectivity index (χ0v) is 19.7. The van der Waals surface area contributed by atoms with Crippen LogP contribution in [0.25, 0.3) is 10.9 Å². The van der Waals surface area contributed by atoms with Crippen LogP contribution in [-0.4, -0.2) is 41.7 Å². The molecule has 0 spiro atoms. The number of hydrogen-bond acceptors (Lipinski definition) is 6.